The summed E-state index contributed by atoms with van der Waals surface area (Å²) in [5.41, 5.74) is 6.91. The molecule has 1 aliphatic carbocycles. The molecule has 0 saturated heterocycles. The summed E-state index contributed by atoms with van der Waals surface area (Å²) >= 11 is 0. The monoisotopic (exact) mass is 204 g/mol. The number of amides is 1. The molecule has 0 radical (unpaired) electrons. The Balaban J connectivity index is 1.95. The molecule has 80 valence electrons. The van der Waals surface area contributed by atoms with Crippen molar-refractivity contribution < 1.29 is 4.79 Å². The van der Waals surface area contributed by atoms with E-state index in [0.29, 0.717) is 11.6 Å². The van der Waals surface area contributed by atoms with Crippen LogP contribution >= 0.6 is 0 Å². The van der Waals surface area contributed by atoms with Crippen LogP contribution in [0.2, 0.25) is 0 Å². The third kappa shape index (κ3) is 2.57. The van der Waals surface area contributed by atoms with Crippen LogP contribution in [0.3, 0.4) is 0 Å². The minimum atomic E-state index is -0.364. The molecule has 0 spiro atoms. The van der Waals surface area contributed by atoms with E-state index in [1.165, 1.54) is 6.42 Å². The van der Waals surface area contributed by atoms with Gasteiger partial charge < -0.3 is 11.1 Å². The van der Waals surface area contributed by atoms with Gasteiger partial charge in [0.2, 0.25) is 5.91 Å². The lowest BCUT2D eigenvalue weighted by atomic mass is 10.1. The number of hydrogen-bond acceptors (Lipinski definition) is 2. The summed E-state index contributed by atoms with van der Waals surface area (Å²) in [6.07, 6.45) is 1.26. The zero-order valence-corrected chi connectivity index (χ0v) is 8.86. The Hall–Kier alpha value is -1.35. The number of nitrogens with one attached hydrogen (secondary N) is 1. The first-order chi connectivity index (χ1) is 7.16. The van der Waals surface area contributed by atoms with E-state index in [2.05, 4.69) is 12.2 Å². The van der Waals surface area contributed by atoms with Gasteiger partial charge in [-0.1, -0.05) is 19.1 Å². The van der Waals surface area contributed by atoms with E-state index in [1.807, 2.05) is 18.2 Å². The largest absolute Gasteiger partial charge is 0.366 e. The zero-order chi connectivity index (χ0) is 10.8. The fourth-order valence-corrected chi connectivity index (χ4v) is 1.69. The SMILES string of the molecule is CC1CC1NCc1cccc(C(N)=O)c1. The van der Waals surface area contributed by atoms with E-state index in [-0.39, 0.29) is 5.91 Å². The third-order valence-corrected chi connectivity index (χ3v) is 2.89. The van der Waals surface area contributed by atoms with Crippen molar-refractivity contribution >= 4 is 5.91 Å². The lowest BCUT2D eigenvalue weighted by Gasteiger charge is -2.04. The molecule has 2 atom stereocenters. The normalized spacial score (nSPS) is 23.8. The van der Waals surface area contributed by atoms with Crippen molar-refractivity contribution in [3.05, 3.63) is 35.4 Å². The molecule has 1 aromatic rings. The van der Waals surface area contributed by atoms with Gasteiger partial charge in [-0.3, -0.25) is 4.79 Å². The molecule has 1 fully saturated rings. The summed E-state index contributed by atoms with van der Waals surface area (Å²) in [7, 11) is 0. The van der Waals surface area contributed by atoms with Crippen LogP contribution in [0.5, 0.6) is 0 Å². The maximum atomic E-state index is 11.0. The number of nitrogens with two attached hydrogens (primary N) is 1. The lowest BCUT2D eigenvalue weighted by molar-refractivity contribution is 0.1000. The maximum absolute atomic E-state index is 11.0. The van der Waals surface area contributed by atoms with Crippen LogP contribution in [-0.2, 0) is 6.54 Å². The Morgan fingerprint density at radius 3 is 2.93 bits per heavy atom. The molecule has 0 aliphatic heterocycles. The maximum Gasteiger partial charge on any atom is 0.248 e. The minimum absolute atomic E-state index is 0.364. The number of carbonyl (C=O) groups is 1. The average molecular weight is 204 g/mol. The molecular weight excluding hydrogens is 188 g/mol. The average Bonchev–Trinajstić information content (AvgIpc) is 2.92. The van der Waals surface area contributed by atoms with Crippen LogP contribution in [0, 0.1) is 5.92 Å². The van der Waals surface area contributed by atoms with Crippen molar-refractivity contribution in [1.82, 2.24) is 5.32 Å². The Bertz CT molecular complexity index is 376. The molecule has 0 bridgehead atoms. The summed E-state index contributed by atoms with van der Waals surface area (Å²) in [6.45, 7) is 3.05. The highest BCUT2D eigenvalue weighted by Crippen LogP contribution is 2.29. The van der Waals surface area contributed by atoms with E-state index < -0.39 is 0 Å². The van der Waals surface area contributed by atoms with Gasteiger partial charge in [-0.2, -0.15) is 0 Å². The number of carbonyl (C=O) groups excluding carboxylic acids is 1. The van der Waals surface area contributed by atoms with Gasteiger partial charge in [0.1, 0.15) is 0 Å². The molecule has 0 aromatic heterocycles. The first-order valence-electron chi connectivity index (χ1n) is 5.29. The smallest absolute Gasteiger partial charge is 0.248 e. The lowest BCUT2D eigenvalue weighted by Crippen LogP contribution is -2.18. The molecule has 1 aromatic carbocycles. The first kappa shape index (κ1) is 10.2. The molecule has 2 rings (SSSR count). The fourth-order valence-electron chi connectivity index (χ4n) is 1.69. The molecule has 1 saturated carbocycles. The minimum Gasteiger partial charge on any atom is -0.366 e. The molecular formula is C12H16N2O. The van der Waals surface area contributed by atoms with Crippen molar-refractivity contribution in [2.45, 2.75) is 25.9 Å². The van der Waals surface area contributed by atoms with Gasteiger partial charge in [0.25, 0.3) is 0 Å². The zero-order valence-electron chi connectivity index (χ0n) is 8.86. The first-order valence-corrected chi connectivity index (χ1v) is 5.29. The fraction of sp³-hybridized carbons (Fsp3) is 0.417. The van der Waals surface area contributed by atoms with Crippen molar-refractivity contribution in [1.29, 1.82) is 0 Å². The number of hydrogen-bond donors (Lipinski definition) is 2. The number of benzene rings is 1. The summed E-state index contributed by atoms with van der Waals surface area (Å²) in [6, 6.07) is 8.12. The highest BCUT2D eigenvalue weighted by Gasteiger charge is 2.31. The van der Waals surface area contributed by atoms with E-state index in [9.17, 15) is 4.79 Å². The molecule has 3 N–H and O–H groups in total. The predicted octanol–water partition coefficient (Wildman–Crippen LogP) is 1.28. The van der Waals surface area contributed by atoms with Crippen LogP contribution < -0.4 is 11.1 Å². The van der Waals surface area contributed by atoms with Gasteiger partial charge in [0.05, 0.1) is 0 Å². The highest BCUT2D eigenvalue weighted by atomic mass is 16.1. The van der Waals surface area contributed by atoms with Crippen molar-refractivity contribution in [3.63, 3.8) is 0 Å². The molecule has 1 amide bonds. The van der Waals surface area contributed by atoms with Crippen LogP contribution in [0.4, 0.5) is 0 Å². The summed E-state index contributed by atoms with van der Waals surface area (Å²) in [5, 5.41) is 3.44. The number of rotatable bonds is 4. The van der Waals surface area contributed by atoms with E-state index >= 15 is 0 Å². The van der Waals surface area contributed by atoms with Gasteiger partial charge in [0, 0.05) is 18.2 Å². The van der Waals surface area contributed by atoms with Crippen LogP contribution in [-0.4, -0.2) is 11.9 Å². The second-order valence-corrected chi connectivity index (χ2v) is 4.27. The van der Waals surface area contributed by atoms with E-state index in [0.717, 1.165) is 18.0 Å². The quantitative estimate of drug-likeness (QED) is 0.776. The molecule has 0 heterocycles. The van der Waals surface area contributed by atoms with Crippen LogP contribution in [0.15, 0.2) is 24.3 Å². The van der Waals surface area contributed by atoms with Crippen LogP contribution in [0.25, 0.3) is 0 Å². The van der Waals surface area contributed by atoms with Gasteiger partial charge in [-0.25, -0.2) is 0 Å². The van der Waals surface area contributed by atoms with Crippen molar-refractivity contribution in [2.75, 3.05) is 0 Å². The molecule has 3 nitrogen and oxygen atoms in total. The molecule has 2 unspecified atom stereocenters. The summed E-state index contributed by atoms with van der Waals surface area (Å²) in [4.78, 5) is 11.0. The van der Waals surface area contributed by atoms with Gasteiger partial charge >= 0.3 is 0 Å². The third-order valence-electron chi connectivity index (χ3n) is 2.89. The Labute approximate surface area is 89.7 Å². The Kier molecular flexibility index (Phi) is 2.73. The standard InChI is InChI=1S/C12H16N2O/c1-8-5-11(8)14-7-9-3-2-4-10(6-9)12(13)15/h2-4,6,8,11,14H,5,7H2,1H3,(H2,13,15). The van der Waals surface area contributed by atoms with Crippen LogP contribution in [0.1, 0.15) is 29.3 Å². The second kappa shape index (κ2) is 4.03. The summed E-state index contributed by atoms with van der Waals surface area (Å²) < 4.78 is 0. The van der Waals surface area contributed by atoms with Crippen molar-refractivity contribution in [3.8, 4) is 0 Å². The van der Waals surface area contributed by atoms with Crippen molar-refractivity contribution in [2.24, 2.45) is 11.7 Å². The number of primary amides is 1. The second-order valence-electron chi connectivity index (χ2n) is 4.27. The highest BCUT2D eigenvalue weighted by molar-refractivity contribution is 5.92. The van der Waals surface area contributed by atoms with Gasteiger partial charge in [-0.15, -0.1) is 0 Å². The summed E-state index contributed by atoms with van der Waals surface area (Å²) in [5.74, 6) is 0.431. The Morgan fingerprint density at radius 1 is 1.60 bits per heavy atom. The molecule has 3 heteroatoms. The Morgan fingerprint density at radius 2 is 2.33 bits per heavy atom. The van der Waals surface area contributed by atoms with Gasteiger partial charge in [-0.05, 0) is 30.0 Å². The van der Waals surface area contributed by atoms with Gasteiger partial charge in [0.15, 0.2) is 0 Å². The molecule has 1 aliphatic rings. The topological polar surface area (TPSA) is 55.1 Å². The predicted molar refractivity (Wildman–Crippen MR) is 59.4 cm³/mol. The van der Waals surface area contributed by atoms with E-state index in [4.69, 9.17) is 5.73 Å². The molecule has 15 heavy (non-hydrogen) atoms. The van der Waals surface area contributed by atoms with E-state index in [1.54, 1.807) is 6.07 Å².